The Labute approximate surface area is 141 Å². The number of amides is 4. The van der Waals surface area contributed by atoms with Crippen LogP contribution in [0, 0.1) is 0 Å². The maximum Gasteiger partial charge on any atom is 0.321 e. The van der Waals surface area contributed by atoms with Gasteiger partial charge in [0.15, 0.2) is 0 Å². The molecule has 132 valence electrons. The van der Waals surface area contributed by atoms with Crippen LogP contribution in [0.1, 0.15) is 37.2 Å². The summed E-state index contributed by atoms with van der Waals surface area (Å²) in [5.41, 5.74) is 0.548. The third-order valence-corrected chi connectivity index (χ3v) is 4.21. The number of H-pyrrole nitrogens is 1. The Balaban J connectivity index is 1.76. The molecule has 0 aliphatic carbocycles. The fourth-order valence-corrected chi connectivity index (χ4v) is 2.75. The number of hydrogen-bond acceptors (Lipinski definition) is 4. The highest BCUT2D eigenvalue weighted by molar-refractivity contribution is 5.96. The van der Waals surface area contributed by atoms with Crippen LogP contribution in [0.25, 0.3) is 0 Å². The number of imide groups is 1. The Hall–Kier alpha value is -2.35. The quantitative estimate of drug-likeness (QED) is 0.626. The molecule has 1 aromatic rings. The van der Waals surface area contributed by atoms with Crippen molar-refractivity contribution in [2.45, 2.75) is 38.8 Å². The van der Waals surface area contributed by atoms with Crippen molar-refractivity contribution in [2.75, 3.05) is 19.6 Å². The van der Waals surface area contributed by atoms with Crippen LogP contribution in [0.3, 0.4) is 0 Å². The molecule has 0 spiro atoms. The number of nitrogens with one attached hydrogen (secondary N) is 4. The molecule has 24 heavy (non-hydrogen) atoms. The van der Waals surface area contributed by atoms with Gasteiger partial charge in [0.1, 0.15) is 5.69 Å². The zero-order chi connectivity index (χ0) is 17.5. The minimum absolute atomic E-state index is 0.0932. The number of urea groups is 1. The normalized spacial score (nSPS) is 17.1. The van der Waals surface area contributed by atoms with Crippen molar-refractivity contribution in [1.29, 1.82) is 0 Å². The van der Waals surface area contributed by atoms with E-state index in [0.29, 0.717) is 25.3 Å². The van der Waals surface area contributed by atoms with Gasteiger partial charge in [-0.2, -0.15) is 0 Å². The third-order valence-electron chi connectivity index (χ3n) is 4.21. The minimum atomic E-state index is -0.470. The number of hydrogen-bond donors (Lipinski definition) is 4. The van der Waals surface area contributed by atoms with Gasteiger partial charge in [-0.1, -0.05) is 0 Å². The van der Waals surface area contributed by atoms with E-state index in [1.54, 1.807) is 32.2 Å². The molecular weight excluding hydrogens is 310 g/mol. The molecule has 2 heterocycles. The monoisotopic (exact) mass is 335 g/mol. The van der Waals surface area contributed by atoms with Gasteiger partial charge in [-0.05, 0) is 38.8 Å². The summed E-state index contributed by atoms with van der Waals surface area (Å²) < 4.78 is 0. The molecule has 4 amide bonds. The lowest BCUT2D eigenvalue weighted by Gasteiger charge is -2.35. The van der Waals surface area contributed by atoms with Crippen molar-refractivity contribution < 1.29 is 14.4 Å². The summed E-state index contributed by atoms with van der Waals surface area (Å²) in [6.45, 7) is 5.44. The first-order valence-corrected chi connectivity index (χ1v) is 8.28. The molecule has 8 heteroatoms. The highest BCUT2D eigenvalue weighted by Crippen LogP contribution is 2.14. The molecule has 1 aliphatic heterocycles. The molecule has 8 nitrogen and oxygen atoms in total. The number of piperidine rings is 1. The average Bonchev–Trinajstić information content (AvgIpc) is 3.09. The molecule has 0 unspecified atom stereocenters. The Morgan fingerprint density at radius 2 is 2.04 bits per heavy atom. The van der Waals surface area contributed by atoms with E-state index in [2.05, 4.69) is 20.9 Å². The second kappa shape index (κ2) is 8.49. The molecule has 1 saturated heterocycles. The summed E-state index contributed by atoms with van der Waals surface area (Å²) in [4.78, 5) is 40.4. The van der Waals surface area contributed by atoms with E-state index in [9.17, 15) is 14.4 Å². The van der Waals surface area contributed by atoms with Crippen LogP contribution >= 0.6 is 0 Å². The highest BCUT2D eigenvalue weighted by Gasteiger charge is 2.28. The van der Waals surface area contributed by atoms with E-state index >= 15 is 0 Å². The van der Waals surface area contributed by atoms with Crippen molar-refractivity contribution in [1.82, 2.24) is 25.8 Å². The predicted molar refractivity (Wildman–Crippen MR) is 89.5 cm³/mol. The van der Waals surface area contributed by atoms with Gasteiger partial charge in [-0.25, -0.2) is 4.79 Å². The van der Waals surface area contributed by atoms with Crippen molar-refractivity contribution in [3.8, 4) is 0 Å². The lowest BCUT2D eigenvalue weighted by molar-refractivity contribution is -0.125. The van der Waals surface area contributed by atoms with Crippen LogP contribution in [0.5, 0.6) is 0 Å². The van der Waals surface area contributed by atoms with Crippen LogP contribution in [0.4, 0.5) is 4.79 Å². The van der Waals surface area contributed by atoms with E-state index in [-0.39, 0.29) is 23.9 Å². The standard InChI is InChI=1S/C16H25N5O3/c1-3-17-16(24)20-14(22)11(2)21-9-6-12(7-10-21)19-15(23)13-5-4-8-18-13/h4-5,8,11-12,18H,3,6-7,9-10H2,1-2H3,(H,19,23)(H2,17,20,22,24)/t11-/m0/s1. The summed E-state index contributed by atoms with van der Waals surface area (Å²) in [5, 5.41) is 7.87. The summed E-state index contributed by atoms with van der Waals surface area (Å²) in [6, 6.07) is 2.76. The Bertz CT molecular complexity index is 564. The number of likely N-dealkylation sites (tertiary alicyclic amines) is 1. The van der Waals surface area contributed by atoms with Gasteiger partial charge >= 0.3 is 6.03 Å². The molecule has 0 saturated carbocycles. The number of carbonyl (C=O) groups excluding carboxylic acids is 3. The van der Waals surface area contributed by atoms with Crippen LogP contribution in [-0.4, -0.2) is 59.4 Å². The van der Waals surface area contributed by atoms with Crippen LogP contribution in [0.15, 0.2) is 18.3 Å². The predicted octanol–water partition coefficient (Wildman–Crippen LogP) is 0.443. The molecule has 1 fully saturated rings. The molecule has 0 radical (unpaired) electrons. The number of aromatic nitrogens is 1. The minimum Gasteiger partial charge on any atom is -0.357 e. The van der Waals surface area contributed by atoms with Gasteiger partial charge < -0.3 is 15.6 Å². The zero-order valence-corrected chi connectivity index (χ0v) is 14.1. The second-order valence-corrected chi connectivity index (χ2v) is 5.89. The van der Waals surface area contributed by atoms with Crippen molar-refractivity contribution in [3.63, 3.8) is 0 Å². The third kappa shape index (κ3) is 4.82. The molecule has 2 rings (SSSR count). The first-order chi connectivity index (χ1) is 11.5. The van der Waals surface area contributed by atoms with Crippen molar-refractivity contribution >= 4 is 17.8 Å². The Morgan fingerprint density at radius 3 is 2.62 bits per heavy atom. The molecule has 1 aromatic heterocycles. The van der Waals surface area contributed by atoms with Crippen LogP contribution in [0.2, 0.25) is 0 Å². The van der Waals surface area contributed by atoms with Gasteiger partial charge in [-0.3, -0.25) is 19.8 Å². The van der Waals surface area contributed by atoms with E-state index in [0.717, 1.165) is 12.8 Å². The summed E-state index contributed by atoms with van der Waals surface area (Å²) in [7, 11) is 0. The van der Waals surface area contributed by atoms with Gasteiger partial charge in [-0.15, -0.1) is 0 Å². The summed E-state index contributed by atoms with van der Waals surface area (Å²) in [5.74, 6) is -0.421. The number of rotatable bonds is 5. The van der Waals surface area contributed by atoms with Gasteiger partial charge in [0.25, 0.3) is 5.91 Å². The van der Waals surface area contributed by atoms with Gasteiger partial charge in [0.2, 0.25) is 5.91 Å². The van der Waals surface area contributed by atoms with Crippen molar-refractivity contribution in [3.05, 3.63) is 24.0 Å². The van der Waals surface area contributed by atoms with E-state index in [1.165, 1.54) is 0 Å². The smallest absolute Gasteiger partial charge is 0.321 e. The molecule has 1 aliphatic rings. The second-order valence-electron chi connectivity index (χ2n) is 5.89. The number of carbonyl (C=O) groups is 3. The van der Waals surface area contributed by atoms with Crippen molar-refractivity contribution in [2.24, 2.45) is 0 Å². The van der Waals surface area contributed by atoms with E-state index in [1.807, 2.05) is 4.90 Å². The van der Waals surface area contributed by atoms with Crippen LogP contribution < -0.4 is 16.0 Å². The molecule has 1 atom stereocenters. The topological polar surface area (TPSA) is 106 Å². The van der Waals surface area contributed by atoms with E-state index in [4.69, 9.17) is 0 Å². The first-order valence-electron chi connectivity index (χ1n) is 8.28. The first kappa shape index (κ1) is 18.0. The lowest BCUT2D eigenvalue weighted by Crippen LogP contribution is -2.53. The number of aromatic amines is 1. The molecule has 0 bridgehead atoms. The summed E-state index contributed by atoms with van der Waals surface area (Å²) in [6.07, 6.45) is 3.25. The molecule has 0 aromatic carbocycles. The average molecular weight is 335 g/mol. The van der Waals surface area contributed by atoms with E-state index < -0.39 is 6.03 Å². The van der Waals surface area contributed by atoms with Gasteiger partial charge in [0, 0.05) is 31.9 Å². The van der Waals surface area contributed by atoms with Gasteiger partial charge in [0.05, 0.1) is 6.04 Å². The largest absolute Gasteiger partial charge is 0.357 e. The lowest BCUT2D eigenvalue weighted by atomic mass is 10.0. The fourth-order valence-electron chi connectivity index (χ4n) is 2.75. The number of nitrogens with zero attached hydrogens (tertiary/aromatic N) is 1. The summed E-state index contributed by atoms with van der Waals surface area (Å²) >= 11 is 0. The zero-order valence-electron chi connectivity index (χ0n) is 14.1. The Morgan fingerprint density at radius 1 is 1.33 bits per heavy atom. The maximum absolute atomic E-state index is 12.1. The SMILES string of the molecule is CCNC(=O)NC(=O)[C@H](C)N1CCC(NC(=O)c2ccc[nH]2)CC1. The Kier molecular flexibility index (Phi) is 6.36. The maximum atomic E-state index is 12.1. The molecule has 4 N–H and O–H groups in total. The molecular formula is C16H25N5O3. The van der Waals surface area contributed by atoms with Crippen LogP contribution in [-0.2, 0) is 4.79 Å². The fraction of sp³-hybridized carbons (Fsp3) is 0.562. The highest BCUT2D eigenvalue weighted by atomic mass is 16.2.